The molecule has 0 aromatic carbocycles. The quantitative estimate of drug-likeness (QED) is 0.432. The van der Waals surface area contributed by atoms with E-state index in [4.69, 9.17) is 0 Å². The highest BCUT2D eigenvalue weighted by molar-refractivity contribution is 9.13. The standard InChI is InChI=1S/C9H3Br2NOS2/c10-6-7-8(15-9(6)11)4-1-2-14-5(4)3-12(7)13/h1-3H. The molecule has 0 aliphatic rings. The molecule has 0 atom stereocenters. The van der Waals surface area contributed by atoms with E-state index >= 15 is 0 Å². The summed E-state index contributed by atoms with van der Waals surface area (Å²) in [5, 5.41) is 15.0. The molecule has 0 saturated heterocycles. The van der Waals surface area contributed by atoms with E-state index in [-0.39, 0.29) is 0 Å². The van der Waals surface area contributed by atoms with Gasteiger partial charge in [-0.15, -0.1) is 22.7 Å². The number of nitrogens with zero attached hydrogens (tertiary/aromatic N) is 1. The highest BCUT2D eigenvalue weighted by atomic mass is 79.9. The second-order valence-corrected chi connectivity index (χ2v) is 7.10. The first kappa shape index (κ1) is 10.0. The van der Waals surface area contributed by atoms with Crippen LogP contribution in [0.15, 0.2) is 25.9 Å². The van der Waals surface area contributed by atoms with Crippen molar-refractivity contribution >= 4 is 74.8 Å². The maximum atomic E-state index is 11.8. The number of hydrogen-bond acceptors (Lipinski definition) is 3. The van der Waals surface area contributed by atoms with E-state index in [1.165, 1.54) is 0 Å². The van der Waals surface area contributed by atoms with Crippen molar-refractivity contribution in [1.29, 1.82) is 0 Å². The number of aromatic nitrogens is 1. The number of rotatable bonds is 0. The van der Waals surface area contributed by atoms with Crippen LogP contribution in [0.25, 0.3) is 20.3 Å². The molecule has 0 spiro atoms. The van der Waals surface area contributed by atoms with Gasteiger partial charge in [-0.2, -0.15) is 4.73 Å². The van der Waals surface area contributed by atoms with Gasteiger partial charge in [0, 0.05) is 5.39 Å². The highest BCUT2D eigenvalue weighted by Crippen LogP contribution is 2.41. The van der Waals surface area contributed by atoms with E-state index in [1.54, 1.807) is 28.9 Å². The summed E-state index contributed by atoms with van der Waals surface area (Å²) in [5.74, 6) is 0. The summed E-state index contributed by atoms with van der Waals surface area (Å²) in [7, 11) is 0. The molecule has 2 nitrogen and oxygen atoms in total. The van der Waals surface area contributed by atoms with Crippen molar-refractivity contribution in [3.8, 4) is 0 Å². The van der Waals surface area contributed by atoms with Crippen LogP contribution in [0.4, 0.5) is 0 Å². The summed E-state index contributed by atoms with van der Waals surface area (Å²) in [6.07, 6.45) is 1.63. The lowest BCUT2D eigenvalue weighted by molar-refractivity contribution is -0.575. The molecule has 0 unspecified atom stereocenters. The van der Waals surface area contributed by atoms with Crippen LogP contribution in [-0.4, -0.2) is 0 Å². The first-order chi connectivity index (χ1) is 7.18. The molecule has 0 saturated carbocycles. The topological polar surface area (TPSA) is 26.9 Å². The Morgan fingerprint density at radius 1 is 1.33 bits per heavy atom. The number of halogens is 2. The third-order valence-electron chi connectivity index (χ3n) is 2.18. The van der Waals surface area contributed by atoms with Crippen molar-refractivity contribution in [2.75, 3.05) is 0 Å². The van der Waals surface area contributed by atoms with Crippen LogP contribution in [0.5, 0.6) is 0 Å². The Labute approximate surface area is 110 Å². The molecule has 0 aliphatic carbocycles. The minimum Gasteiger partial charge on any atom is -0.618 e. The van der Waals surface area contributed by atoms with Gasteiger partial charge in [0.05, 0.1) is 3.79 Å². The zero-order valence-corrected chi connectivity index (χ0v) is 12.0. The second kappa shape index (κ2) is 3.41. The van der Waals surface area contributed by atoms with Crippen LogP contribution < -0.4 is 4.73 Å². The smallest absolute Gasteiger partial charge is 0.250 e. The molecule has 3 aromatic heterocycles. The molecule has 6 heteroatoms. The van der Waals surface area contributed by atoms with E-state index in [0.29, 0.717) is 5.52 Å². The van der Waals surface area contributed by atoms with Gasteiger partial charge in [-0.1, -0.05) is 0 Å². The lowest BCUT2D eigenvalue weighted by Gasteiger charge is -1.98. The first-order valence-corrected chi connectivity index (χ1v) is 7.33. The summed E-state index contributed by atoms with van der Waals surface area (Å²) in [6, 6.07) is 2.05. The predicted molar refractivity (Wildman–Crippen MR) is 71.6 cm³/mol. The normalized spacial score (nSPS) is 11.6. The van der Waals surface area contributed by atoms with Crippen molar-refractivity contribution in [3.63, 3.8) is 0 Å². The SMILES string of the molecule is [O-][n+]1cc2sccc2c2sc(Br)c(Br)c21. The van der Waals surface area contributed by atoms with Gasteiger partial charge in [-0.3, -0.25) is 0 Å². The average Bonchev–Trinajstić information content (AvgIpc) is 2.73. The second-order valence-electron chi connectivity index (χ2n) is 3.02. The molecule has 3 rings (SSSR count). The van der Waals surface area contributed by atoms with Crippen molar-refractivity contribution in [2.45, 2.75) is 0 Å². The summed E-state index contributed by atoms with van der Waals surface area (Å²) in [6.45, 7) is 0. The van der Waals surface area contributed by atoms with E-state index in [9.17, 15) is 5.21 Å². The summed E-state index contributed by atoms with van der Waals surface area (Å²) in [5.41, 5.74) is 0.706. The van der Waals surface area contributed by atoms with Crippen molar-refractivity contribution < 1.29 is 4.73 Å². The van der Waals surface area contributed by atoms with Gasteiger partial charge < -0.3 is 5.21 Å². The average molecular weight is 365 g/mol. The number of pyridine rings is 1. The number of thiophene rings is 2. The lowest BCUT2D eigenvalue weighted by atomic mass is 10.3. The molecular formula is C9H3Br2NOS2. The molecule has 0 amide bonds. The molecule has 0 radical (unpaired) electrons. The van der Waals surface area contributed by atoms with E-state index in [2.05, 4.69) is 37.9 Å². The largest absolute Gasteiger partial charge is 0.618 e. The maximum absolute atomic E-state index is 11.8. The van der Waals surface area contributed by atoms with E-state index in [1.807, 2.05) is 5.38 Å². The molecule has 0 aliphatic heterocycles. The molecule has 0 fully saturated rings. The Balaban J connectivity index is 2.67. The highest BCUT2D eigenvalue weighted by Gasteiger charge is 2.19. The van der Waals surface area contributed by atoms with E-state index in [0.717, 1.165) is 27.8 Å². The van der Waals surface area contributed by atoms with Gasteiger partial charge in [-0.05, 0) is 43.3 Å². The Bertz CT molecular complexity index is 673. The lowest BCUT2D eigenvalue weighted by Crippen LogP contribution is -2.25. The van der Waals surface area contributed by atoms with Crippen LogP contribution in [-0.2, 0) is 0 Å². The minimum absolute atomic E-state index is 0.706. The Morgan fingerprint density at radius 3 is 2.93 bits per heavy atom. The summed E-state index contributed by atoms with van der Waals surface area (Å²) < 4.78 is 4.78. The molecular weight excluding hydrogens is 362 g/mol. The third-order valence-corrected chi connectivity index (χ3v) is 6.48. The van der Waals surface area contributed by atoms with Crippen molar-refractivity contribution in [1.82, 2.24) is 0 Å². The zero-order valence-electron chi connectivity index (χ0n) is 7.16. The summed E-state index contributed by atoms with van der Waals surface area (Å²) >= 11 is 10.0. The number of hydrogen-bond donors (Lipinski definition) is 0. The van der Waals surface area contributed by atoms with Crippen LogP contribution in [0, 0.1) is 5.21 Å². The number of fused-ring (bicyclic) bond motifs is 3. The Kier molecular flexibility index (Phi) is 2.28. The van der Waals surface area contributed by atoms with Crippen LogP contribution in [0.2, 0.25) is 0 Å². The monoisotopic (exact) mass is 363 g/mol. The van der Waals surface area contributed by atoms with Gasteiger partial charge in [0.15, 0.2) is 6.20 Å². The maximum Gasteiger partial charge on any atom is 0.250 e. The molecule has 3 heterocycles. The molecule has 15 heavy (non-hydrogen) atoms. The van der Waals surface area contributed by atoms with Crippen molar-refractivity contribution in [3.05, 3.63) is 31.1 Å². The Morgan fingerprint density at radius 2 is 2.13 bits per heavy atom. The van der Waals surface area contributed by atoms with Gasteiger partial charge >= 0.3 is 0 Å². The van der Waals surface area contributed by atoms with Gasteiger partial charge in [0.1, 0.15) is 13.9 Å². The molecule has 3 aromatic rings. The van der Waals surface area contributed by atoms with Crippen molar-refractivity contribution in [2.24, 2.45) is 0 Å². The fourth-order valence-electron chi connectivity index (χ4n) is 1.53. The zero-order chi connectivity index (χ0) is 10.6. The van der Waals surface area contributed by atoms with Crippen LogP contribution >= 0.6 is 54.5 Å². The molecule has 76 valence electrons. The fraction of sp³-hybridized carbons (Fsp3) is 0. The molecule has 0 bridgehead atoms. The van der Waals surface area contributed by atoms with Gasteiger partial charge in [0.25, 0.3) is 5.52 Å². The molecule has 0 N–H and O–H groups in total. The predicted octanol–water partition coefficient (Wildman–Crippen LogP) is 4.27. The van der Waals surface area contributed by atoms with E-state index < -0.39 is 0 Å². The summed E-state index contributed by atoms with van der Waals surface area (Å²) in [4.78, 5) is 0. The third kappa shape index (κ3) is 1.35. The first-order valence-electron chi connectivity index (χ1n) is 4.05. The van der Waals surface area contributed by atoms with Crippen LogP contribution in [0.3, 0.4) is 0 Å². The Hall–Kier alpha value is -0.170. The fourth-order valence-corrected chi connectivity index (χ4v) is 4.77. The van der Waals surface area contributed by atoms with Crippen LogP contribution in [0.1, 0.15) is 0 Å². The van der Waals surface area contributed by atoms with Gasteiger partial charge in [-0.25, -0.2) is 0 Å². The van der Waals surface area contributed by atoms with Gasteiger partial charge in [0.2, 0.25) is 0 Å². The minimum atomic E-state index is 0.706.